The Morgan fingerprint density at radius 1 is 0.904 bits per heavy atom. The number of aliphatic hydroxyl groups is 4. The van der Waals surface area contributed by atoms with E-state index in [1.165, 1.54) is 5.56 Å². The summed E-state index contributed by atoms with van der Waals surface area (Å²) in [6.07, 6.45) is 1.70. The van der Waals surface area contributed by atoms with Crippen LogP contribution in [0, 0.1) is 12.8 Å². The number of unbranched alkanes of at least 4 members (excludes halogenated alkanes) is 3. The third kappa shape index (κ3) is 14.0. The highest BCUT2D eigenvalue weighted by atomic mass is 35.5. The number of aromatic nitrogens is 2. The van der Waals surface area contributed by atoms with Gasteiger partial charge in [0.05, 0.1) is 12.7 Å². The number of Topliss-reactive ketones (excluding diaryl/α,β-unsaturated/α-hetero) is 1. The second-order valence-corrected chi connectivity index (χ2v) is 13.7. The molecule has 3 aromatic rings. The van der Waals surface area contributed by atoms with Crippen LogP contribution < -0.4 is 22.1 Å². The minimum Gasteiger partial charge on any atom is -0.394 e. The molecule has 0 aliphatic rings. The normalized spacial score (nSPS) is 13.8. The fourth-order valence-electron chi connectivity index (χ4n) is 5.93. The van der Waals surface area contributed by atoms with Gasteiger partial charge in [-0.3, -0.25) is 9.59 Å². The van der Waals surface area contributed by atoms with Crippen molar-refractivity contribution in [1.29, 1.82) is 0 Å². The number of anilines is 2. The summed E-state index contributed by atoms with van der Waals surface area (Å²) < 4.78 is 0. The third-order valence-electron chi connectivity index (χ3n) is 9.11. The molecule has 52 heavy (non-hydrogen) atoms. The number of hydrogen-bond acceptors (Lipinski definition) is 12. The van der Waals surface area contributed by atoms with Crippen molar-refractivity contribution in [2.75, 3.05) is 50.8 Å². The van der Waals surface area contributed by atoms with E-state index in [-0.39, 0.29) is 40.7 Å². The van der Waals surface area contributed by atoms with Crippen LogP contribution in [0.15, 0.2) is 48.5 Å². The van der Waals surface area contributed by atoms with Crippen molar-refractivity contribution in [3.8, 4) is 0 Å². The van der Waals surface area contributed by atoms with Crippen LogP contribution in [0.3, 0.4) is 0 Å². The van der Waals surface area contributed by atoms with Crippen LogP contribution in [0.1, 0.15) is 83.0 Å². The minimum atomic E-state index is -1.45. The van der Waals surface area contributed by atoms with Crippen molar-refractivity contribution < 1.29 is 30.0 Å². The average Bonchev–Trinajstić information content (AvgIpc) is 3.13. The van der Waals surface area contributed by atoms with Crippen LogP contribution in [0.5, 0.6) is 0 Å². The fourth-order valence-corrected chi connectivity index (χ4v) is 6.05. The zero-order valence-corrected chi connectivity index (χ0v) is 31.1. The highest BCUT2D eigenvalue weighted by molar-refractivity contribution is 6.31. The molecular formula is C38H56ClN7O6. The highest BCUT2D eigenvalue weighted by Crippen LogP contribution is 2.18. The number of benzene rings is 2. The standard InChI is InChI=1S/C38H56ClN7O6/c1-3-4-5-8-17-46(23-31(49)34(51)32(50)24-47)18-9-12-30(48)28-15-13-26(14-16-28)20-42-21-27(19-29-11-7-6-10-25(29)2)22-43-38(52)33-36(40)45-37(41)35(39)44-33/h6-7,10-11,13-16,27,31-32,34,42,47,49-51H,3-5,8-9,12,17-24H2,1-2H3,(H,43,52)(H4,40,41,45)/t27-,31-,32+,34+/m0/s1. The quantitative estimate of drug-likeness (QED) is 0.0491. The Labute approximate surface area is 311 Å². The molecule has 0 aliphatic heterocycles. The van der Waals surface area contributed by atoms with Crippen molar-refractivity contribution in [3.63, 3.8) is 0 Å². The van der Waals surface area contributed by atoms with Crippen LogP contribution in [0.2, 0.25) is 5.15 Å². The van der Waals surface area contributed by atoms with E-state index in [9.17, 15) is 24.9 Å². The van der Waals surface area contributed by atoms with Crippen molar-refractivity contribution in [2.24, 2.45) is 5.92 Å². The second kappa shape index (κ2) is 22.4. The monoisotopic (exact) mass is 741 g/mol. The van der Waals surface area contributed by atoms with Crippen molar-refractivity contribution >= 4 is 34.9 Å². The molecule has 1 amide bonds. The molecule has 10 N–H and O–H groups in total. The first-order valence-electron chi connectivity index (χ1n) is 18.0. The number of amides is 1. The summed E-state index contributed by atoms with van der Waals surface area (Å²) in [4.78, 5) is 35.9. The van der Waals surface area contributed by atoms with E-state index in [1.807, 2.05) is 41.3 Å². The average molecular weight is 742 g/mol. The van der Waals surface area contributed by atoms with E-state index in [2.05, 4.69) is 46.6 Å². The third-order valence-corrected chi connectivity index (χ3v) is 9.38. The second-order valence-electron chi connectivity index (χ2n) is 13.4. The number of ketones is 1. The van der Waals surface area contributed by atoms with Crippen LogP contribution in [0.4, 0.5) is 11.6 Å². The lowest BCUT2D eigenvalue weighted by atomic mass is 9.95. The van der Waals surface area contributed by atoms with Crippen LogP contribution in [0.25, 0.3) is 0 Å². The van der Waals surface area contributed by atoms with Gasteiger partial charge in [-0.05, 0) is 61.9 Å². The van der Waals surface area contributed by atoms with E-state index < -0.39 is 30.8 Å². The number of nitrogens with zero attached hydrogens (tertiary/aromatic N) is 3. The largest absolute Gasteiger partial charge is 0.394 e. The molecule has 2 aromatic carbocycles. The minimum absolute atomic E-state index is 0.0171. The fraction of sp³-hybridized carbons (Fsp3) is 0.526. The molecule has 3 rings (SSSR count). The number of hydrogen-bond donors (Lipinski definition) is 8. The zero-order chi connectivity index (χ0) is 38.0. The predicted molar refractivity (Wildman–Crippen MR) is 204 cm³/mol. The van der Waals surface area contributed by atoms with E-state index in [4.69, 9.17) is 28.2 Å². The number of carbonyl (C=O) groups is 2. The Balaban J connectivity index is 1.53. The van der Waals surface area contributed by atoms with Crippen molar-refractivity contribution in [1.82, 2.24) is 25.5 Å². The number of halogens is 1. The summed E-state index contributed by atoms with van der Waals surface area (Å²) in [5.74, 6) is -0.584. The smallest absolute Gasteiger partial charge is 0.273 e. The lowest BCUT2D eigenvalue weighted by Crippen LogP contribution is -2.46. The molecule has 4 atom stereocenters. The molecule has 0 radical (unpaired) electrons. The zero-order valence-electron chi connectivity index (χ0n) is 30.3. The predicted octanol–water partition coefficient (Wildman–Crippen LogP) is 2.90. The van der Waals surface area contributed by atoms with Crippen molar-refractivity contribution in [3.05, 3.63) is 81.6 Å². The Bertz CT molecular complexity index is 1550. The van der Waals surface area contributed by atoms with Gasteiger partial charge in [0, 0.05) is 38.2 Å². The summed E-state index contributed by atoms with van der Waals surface area (Å²) in [5.41, 5.74) is 15.4. The molecule has 13 nitrogen and oxygen atoms in total. The molecule has 0 fully saturated rings. The Morgan fingerprint density at radius 3 is 2.31 bits per heavy atom. The molecule has 14 heteroatoms. The highest BCUT2D eigenvalue weighted by Gasteiger charge is 2.26. The van der Waals surface area contributed by atoms with Crippen LogP contribution >= 0.6 is 11.6 Å². The molecule has 286 valence electrons. The van der Waals surface area contributed by atoms with Crippen LogP contribution in [-0.2, 0) is 13.0 Å². The first kappa shape index (κ1) is 42.7. The summed E-state index contributed by atoms with van der Waals surface area (Å²) in [5, 5.41) is 45.7. The number of nitrogen functional groups attached to an aromatic ring is 2. The molecule has 0 bridgehead atoms. The van der Waals surface area contributed by atoms with Gasteiger partial charge in [0.2, 0.25) is 0 Å². The topological polar surface area (TPSA) is 220 Å². The lowest BCUT2D eigenvalue weighted by molar-refractivity contribution is -0.0842. The molecule has 0 spiro atoms. The Kier molecular flexibility index (Phi) is 18.4. The Morgan fingerprint density at radius 2 is 1.62 bits per heavy atom. The van der Waals surface area contributed by atoms with E-state index in [0.29, 0.717) is 51.1 Å². The number of rotatable bonds is 24. The number of carbonyl (C=O) groups excluding carboxylic acids is 2. The van der Waals surface area contributed by atoms with Gasteiger partial charge in [-0.1, -0.05) is 86.3 Å². The number of nitrogens with two attached hydrogens (primary N) is 2. The molecule has 0 aliphatic carbocycles. The maximum Gasteiger partial charge on any atom is 0.273 e. The van der Waals surface area contributed by atoms with Gasteiger partial charge in [0.25, 0.3) is 5.91 Å². The SMILES string of the molecule is CCCCCCN(CCCC(=O)c1ccc(CNC[C@@H](CNC(=O)c2nc(Cl)c(N)nc2N)Cc2ccccc2C)cc1)C[C@H](O)[C@@H](O)[C@H](O)CO. The van der Waals surface area contributed by atoms with Gasteiger partial charge in [-0.2, -0.15) is 0 Å². The van der Waals surface area contributed by atoms with Gasteiger partial charge in [-0.25, -0.2) is 9.97 Å². The van der Waals surface area contributed by atoms with E-state index >= 15 is 0 Å². The van der Waals surface area contributed by atoms with Crippen LogP contribution in [-0.4, -0.2) is 105 Å². The summed E-state index contributed by atoms with van der Waals surface area (Å²) >= 11 is 5.97. The van der Waals surface area contributed by atoms with E-state index in [0.717, 1.165) is 43.2 Å². The number of aryl methyl sites for hydroxylation is 1. The lowest BCUT2D eigenvalue weighted by Gasteiger charge is -2.28. The first-order valence-corrected chi connectivity index (χ1v) is 18.4. The molecular weight excluding hydrogens is 686 g/mol. The molecule has 0 saturated heterocycles. The van der Waals surface area contributed by atoms with Gasteiger partial charge < -0.3 is 47.4 Å². The van der Waals surface area contributed by atoms with Gasteiger partial charge in [0.15, 0.2) is 28.3 Å². The van der Waals surface area contributed by atoms with Gasteiger partial charge in [0.1, 0.15) is 12.2 Å². The maximum absolute atomic E-state index is 13.0. The van der Waals surface area contributed by atoms with Gasteiger partial charge >= 0.3 is 0 Å². The first-order chi connectivity index (χ1) is 24.9. The van der Waals surface area contributed by atoms with Crippen molar-refractivity contribution in [2.45, 2.75) is 83.6 Å². The van der Waals surface area contributed by atoms with Gasteiger partial charge in [-0.15, -0.1) is 0 Å². The number of aliphatic hydroxyl groups excluding tert-OH is 4. The molecule has 0 unspecified atom stereocenters. The molecule has 1 heterocycles. The molecule has 0 saturated carbocycles. The Hall–Kier alpha value is -3.69. The summed E-state index contributed by atoms with van der Waals surface area (Å²) in [6.45, 7) is 6.44. The number of nitrogens with one attached hydrogen (secondary N) is 2. The molecule has 1 aromatic heterocycles. The maximum atomic E-state index is 13.0. The van der Waals surface area contributed by atoms with E-state index in [1.54, 1.807) is 0 Å². The summed E-state index contributed by atoms with van der Waals surface area (Å²) in [6, 6.07) is 15.6. The summed E-state index contributed by atoms with van der Waals surface area (Å²) in [7, 11) is 0.